The van der Waals surface area contributed by atoms with Gasteiger partial charge in [0.05, 0.1) is 10.5 Å². The van der Waals surface area contributed by atoms with E-state index in [0.29, 0.717) is 5.69 Å². The Morgan fingerprint density at radius 2 is 1.67 bits per heavy atom. The molecule has 0 radical (unpaired) electrons. The SMILES string of the molecule is CC(C)(C)NS(=O)(=O)c1cccc(C(=O)OCC(=O)Nc2ccccc2)c1. The fourth-order valence-corrected chi connectivity index (χ4v) is 3.65. The molecule has 2 aromatic rings. The zero-order valence-corrected chi connectivity index (χ0v) is 16.2. The molecule has 0 aromatic heterocycles. The Kier molecular flexibility index (Phi) is 6.35. The molecular weight excluding hydrogens is 368 g/mol. The number of nitrogens with one attached hydrogen (secondary N) is 2. The summed E-state index contributed by atoms with van der Waals surface area (Å²) in [6.07, 6.45) is 0. The van der Waals surface area contributed by atoms with Gasteiger partial charge in [0.15, 0.2) is 6.61 Å². The normalized spacial score (nSPS) is 11.7. The van der Waals surface area contributed by atoms with Crippen LogP contribution in [0.2, 0.25) is 0 Å². The van der Waals surface area contributed by atoms with Crippen molar-refractivity contribution < 1.29 is 22.7 Å². The highest BCUT2D eigenvalue weighted by Gasteiger charge is 2.23. The van der Waals surface area contributed by atoms with Crippen LogP contribution in [0.3, 0.4) is 0 Å². The fraction of sp³-hybridized carbons (Fsp3) is 0.263. The Balaban J connectivity index is 2.02. The smallest absolute Gasteiger partial charge is 0.338 e. The quantitative estimate of drug-likeness (QED) is 0.738. The van der Waals surface area contributed by atoms with Crippen LogP contribution in [-0.4, -0.2) is 32.4 Å². The summed E-state index contributed by atoms with van der Waals surface area (Å²) < 4.78 is 32.2. The van der Waals surface area contributed by atoms with E-state index in [1.165, 1.54) is 24.3 Å². The second-order valence-corrected chi connectivity index (χ2v) is 8.56. The minimum Gasteiger partial charge on any atom is -0.452 e. The van der Waals surface area contributed by atoms with E-state index in [-0.39, 0.29) is 10.5 Å². The van der Waals surface area contributed by atoms with E-state index >= 15 is 0 Å². The number of benzene rings is 2. The molecule has 8 heteroatoms. The molecular formula is C19H22N2O5S. The van der Waals surface area contributed by atoms with E-state index in [1.54, 1.807) is 45.0 Å². The predicted octanol–water partition coefficient (Wildman–Crippen LogP) is 2.56. The average molecular weight is 390 g/mol. The molecule has 0 fully saturated rings. The van der Waals surface area contributed by atoms with Gasteiger partial charge in [-0.1, -0.05) is 24.3 Å². The highest BCUT2D eigenvalue weighted by molar-refractivity contribution is 7.89. The van der Waals surface area contributed by atoms with Gasteiger partial charge < -0.3 is 10.1 Å². The average Bonchev–Trinajstić information content (AvgIpc) is 2.58. The van der Waals surface area contributed by atoms with Crippen molar-refractivity contribution in [1.29, 1.82) is 0 Å². The first-order valence-electron chi connectivity index (χ1n) is 8.23. The maximum Gasteiger partial charge on any atom is 0.338 e. The van der Waals surface area contributed by atoms with E-state index in [0.717, 1.165) is 0 Å². The van der Waals surface area contributed by atoms with E-state index in [1.807, 2.05) is 6.07 Å². The summed E-state index contributed by atoms with van der Waals surface area (Å²) in [4.78, 5) is 23.9. The van der Waals surface area contributed by atoms with Crippen molar-refractivity contribution in [2.75, 3.05) is 11.9 Å². The maximum absolute atomic E-state index is 12.4. The van der Waals surface area contributed by atoms with Crippen LogP contribution in [0.4, 0.5) is 5.69 Å². The van der Waals surface area contributed by atoms with Gasteiger partial charge in [0, 0.05) is 11.2 Å². The van der Waals surface area contributed by atoms with Crippen molar-refractivity contribution in [3.05, 3.63) is 60.2 Å². The number of amides is 1. The fourth-order valence-electron chi connectivity index (χ4n) is 2.19. The lowest BCUT2D eigenvalue weighted by molar-refractivity contribution is -0.119. The molecule has 0 bridgehead atoms. The number of carbonyl (C=O) groups excluding carboxylic acids is 2. The summed E-state index contributed by atoms with van der Waals surface area (Å²) in [5.74, 6) is -1.28. The maximum atomic E-state index is 12.4. The van der Waals surface area contributed by atoms with Crippen LogP contribution in [0.5, 0.6) is 0 Å². The van der Waals surface area contributed by atoms with Gasteiger partial charge in [0.25, 0.3) is 5.91 Å². The Labute approximate surface area is 158 Å². The number of anilines is 1. The van der Waals surface area contributed by atoms with E-state index in [9.17, 15) is 18.0 Å². The number of rotatable bonds is 6. The van der Waals surface area contributed by atoms with Crippen LogP contribution in [0.15, 0.2) is 59.5 Å². The van der Waals surface area contributed by atoms with Crippen LogP contribution in [0.1, 0.15) is 31.1 Å². The molecule has 7 nitrogen and oxygen atoms in total. The Bertz CT molecular complexity index is 919. The molecule has 0 heterocycles. The summed E-state index contributed by atoms with van der Waals surface area (Å²) in [6, 6.07) is 14.2. The minimum atomic E-state index is -3.78. The van der Waals surface area contributed by atoms with Crippen molar-refractivity contribution in [1.82, 2.24) is 4.72 Å². The van der Waals surface area contributed by atoms with Crippen molar-refractivity contribution in [2.24, 2.45) is 0 Å². The third-order valence-corrected chi connectivity index (χ3v) is 4.97. The van der Waals surface area contributed by atoms with Crippen LogP contribution in [-0.2, 0) is 19.6 Å². The molecule has 0 aliphatic heterocycles. The van der Waals surface area contributed by atoms with Gasteiger partial charge in [0.2, 0.25) is 10.0 Å². The highest BCUT2D eigenvalue weighted by Crippen LogP contribution is 2.15. The standard InChI is InChI=1S/C19H22N2O5S/c1-19(2,3)21-27(24,25)16-11-7-8-14(12-16)18(23)26-13-17(22)20-15-9-5-4-6-10-15/h4-12,21H,13H2,1-3H3,(H,20,22). The molecule has 2 N–H and O–H groups in total. The van der Waals surface area contributed by atoms with Crippen molar-refractivity contribution in [2.45, 2.75) is 31.2 Å². The van der Waals surface area contributed by atoms with Gasteiger partial charge in [0.1, 0.15) is 0 Å². The monoisotopic (exact) mass is 390 g/mol. The predicted molar refractivity (Wildman–Crippen MR) is 102 cm³/mol. The Morgan fingerprint density at radius 3 is 2.30 bits per heavy atom. The zero-order valence-electron chi connectivity index (χ0n) is 15.4. The number of ether oxygens (including phenoxy) is 1. The van der Waals surface area contributed by atoms with E-state index < -0.39 is 34.0 Å². The van der Waals surface area contributed by atoms with Gasteiger partial charge in [-0.3, -0.25) is 4.79 Å². The molecule has 27 heavy (non-hydrogen) atoms. The lowest BCUT2D eigenvalue weighted by atomic mass is 10.1. The molecule has 0 aliphatic rings. The zero-order chi connectivity index (χ0) is 20.1. The molecule has 0 aliphatic carbocycles. The summed E-state index contributed by atoms with van der Waals surface area (Å²) in [5.41, 5.74) is -0.0376. The number of para-hydroxylation sites is 1. The molecule has 0 unspecified atom stereocenters. The van der Waals surface area contributed by atoms with Crippen LogP contribution in [0.25, 0.3) is 0 Å². The van der Waals surface area contributed by atoms with Crippen molar-refractivity contribution in [3.8, 4) is 0 Å². The van der Waals surface area contributed by atoms with Gasteiger partial charge in [-0.05, 0) is 51.1 Å². The second kappa shape index (κ2) is 8.32. The third kappa shape index (κ3) is 6.50. The summed E-state index contributed by atoms with van der Waals surface area (Å²) in [6.45, 7) is 4.67. The first-order valence-corrected chi connectivity index (χ1v) is 9.71. The number of esters is 1. The number of carbonyl (C=O) groups is 2. The first-order chi connectivity index (χ1) is 12.6. The van der Waals surface area contributed by atoms with Crippen molar-refractivity contribution in [3.63, 3.8) is 0 Å². The van der Waals surface area contributed by atoms with Crippen LogP contribution < -0.4 is 10.0 Å². The Morgan fingerprint density at radius 1 is 1.00 bits per heavy atom. The van der Waals surface area contributed by atoms with E-state index in [4.69, 9.17) is 4.74 Å². The summed E-state index contributed by atoms with van der Waals surface area (Å²) in [7, 11) is -3.78. The molecule has 1 amide bonds. The van der Waals surface area contributed by atoms with Gasteiger partial charge >= 0.3 is 5.97 Å². The van der Waals surface area contributed by atoms with Gasteiger partial charge in [-0.25, -0.2) is 17.9 Å². The van der Waals surface area contributed by atoms with Crippen LogP contribution in [0, 0.1) is 0 Å². The molecule has 2 rings (SSSR count). The largest absolute Gasteiger partial charge is 0.452 e. The summed E-state index contributed by atoms with van der Waals surface area (Å²) >= 11 is 0. The van der Waals surface area contributed by atoms with Crippen LogP contribution >= 0.6 is 0 Å². The molecule has 144 valence electrons. The van der Waals surface area contributed by atoms with Gasteiger partial charge in [-0.2, -0.15) is 0 Å². The first kappa shape index (κ1) is 20.6. The molecule has 0 saturated heterocycles. The third-order valence-electron chi connectivity index (χ3n) is 3.21. The second-order valence-electron chi connectivity index (χ2n) is 6.87. The molecule has 0 saturated carbocycles. The molecule has 0 atom stereocenters. The van der Waals surface area contributed by atoms with E-state index in [2.05, 4.69) is 10.0 Å². The minimum absolute atomic E-state index is 0.0410. The Hall–Kier alpha value is -2.71. The lowest BCUT2D eigenvalue weighted by Gasteiger charge is -2.20. The topological polar surface area (TPSA) is 102 Å². The number of hydrogen-bond donors (Lipinski definition) is 2. The van der Waals surface area contributed by atoms with Crippen molar-refractivity contribution >= 4 is 27.6 Å². The number of sulfonamides is 1. The number of hydrogen-bond acceptors (Lipinski definition) is 5. The highest BCUT2D eigenvalue weighted by atomic mass is 32.2. The lowest BCUT2D eigenvalue weighted by Crippen LogP contribution is -2.40. The molecule has 0 spiro atoms. The molecule has 2 aromatic carbocycles. The van der Waals surface area contributed by atoms with Gasteiger partial charge in [-0.15, -0.1) is 0 Å². The summed E-state index contributed by atoms with van der Waals surface area (Å²) in [5, 5.41) is 2.59.